The lowest BCUT2D eigenvalue weighted by atomic mass is 9.82. The number of nitrogens with zero attached hydrogens (tertiary/aromatic N) is 1. The first kappa shape index (κ1) is 14.5. The molecule has 0 bridgehead atoms. The highest BCUT2D eigenvalue weighted by molar-refractivity contribution is 5.22. The summed E-state index contributed by atoms with van der Waals surface area (Å²) in [5.74, 6) is 1.46. The van der Waals surface area contributed by atoms with Gasteiger partial charge in [0.25, 0.3) is 0 Å². The Morgan fingerprint density at radius 2 is 2.06 bits per heavy atom. The molecule has 98 valence electrons. The first-order valence-electron chi connectivity index (χ1n) is 7.16. The molecule has 1 nitrogen and oxygen atoms in total. The molecule has 0 aromatic rings. The zero-order chi connectivity index (χ0) is 12.8. The van der Waals surface area contributed by atoms with Gasteiger partial charge in [-0.3, -0.25) is 0 Å². The molecule has 17 heavy (non-hydrogen) atoms. The summed E-state index contributed by atoms with van der Waals surface area (Å²) in [5, 5.41) is 0. The molecule has 0 N–H and O–H groups in total. The Labute approximate surface area is 108 Å². The number of allylic oxidation sites excluding steroid dienone is 3. The monoisotopic (exact) mass is 235 g/mol. The minimum absolute atomic E-state index is 0.694. The molecule has 1 rings (SSSR count). The van der Waals surface area contributed by atoms with Gasteiger partial charge in [-0.25, -0.2) is 0 Å². The molecule has 1 aliphatic carbocycles. The van der Waals surface area contributed by atoms with Gasteiger partial charge in [0, 0.05) is 12.6 Å². The molecule has 0 spiro atoms. The molecule has 0 aliphatic heterocycles. The van der Waals surface area contributed by atoms with E-state index in [-0.39, 0.29) is 0 Å². The van der Waals surface area contributed by atoms with E-state index in [1.807, 2.05) is 0 Å². The third kappa shape index (κ3) is 3.99. The molecule has 1 heteroatoms. The van der Waals surface area contributed by atoms with Crippen molar-refractivity contribution >= 4 is 0 Å². The predicted molar refractivity (Wildman–Crippen MR) is 77.2 cm³/mol. The standard InChI is InChI=1S/C16H29N/c1-6-14(4)17(5)12-15(7-2)16-11-9-8-10-13(16)3/h8-9,11,13-15H,6-7,10,12H2,1-5H3. The fourth-order valence-corrected chi connectivity index (χ4v) is 2.61. The minimum Gasteiger partial charge on any atom is -0.303 e. The van der Waals surface area contributed by atoms with Gasteiger partial charge in [0.2, 0.25) is 0 Å². The lowest BCUT2D eigenvalue weighted by molar-refractivity contribution is 0.218. The van der Waals surface area contributed by atoms with Crippen molar-refractivity contribution in [3.8, 4) is 0 Å². The van der Waals surface area contributed by atoms with Crippen LogP contribution in [0.15, 0.2) is 23.8 Å². The van der Waals surface area contributed by atoms with Gasteiger partial charge < -0.3 is 4.90 Å². The first-order valence-corrected chi connectivity index (χ1v) is 7.16. The summed E-state index contributed by atoms with van der Waals surface area (Å²) in [5.41, 5.74) is 1.66. The van der Waals surface area contributed by atoms with Crippen LogP contribution in [0.2, 0.25) is 0 Å². The maximum absolute atomic E-state index is 2.51. The second-order valence-electron chi connectivity index (χ2n) is 5.53. The smallest absolute Gasteiger partial charge is 0.00615 e. The second-order valence-corrected chi connectivity index (χ2v) is 5.53. The van der Waals surface area contributed by atoms with E-state index in [4.69, 9.17) is 0 Å². The molecule has 0 radical (unpaired) electrons. The average molecular weight is 235 g/mol. The summed E-state index contributed by atoms with van der Waals surface area (Å²) in [6.07, 6.45) is 10.6. The van der Waals surface area contributed by atoms with E-state index in [1.54, 1.807) is 5.57 Å². The van der Waals surface area contributed by atoms with Crippen molar-refractivity contribution in [3.05, 3.63) is 23.8 Å². The van der Waals surface area contributed by atoms with Gasteiger partial charge >= 0.3 is 0 Å². The SMILES string of the molecule is CCC(CN(C)C(C)CC)C1=CC=CCC1C. The molecule has 0 fully saturated rings. The first-order chi connectivity index (χ1) is 8.10. The van der Waals surface area contributed by atoms with E-state index in [2.05, 4.69) is 57.9 Å². The lowest BCUT2D eigenvalue weighted by Gasteiger charge is -2.32. The summed E-state index contributed by atoms with van der Waals surface area (Å²) >= 11 is 0. The average Bonchev–Trinajstić information content (AvgIpc) is 2.35. The van der Waals surface area contributed by atoms with Crippen molar-refractivity contribution in [2.75, 3.05) is 13.6 Å². The fourth-order valence-electron chi connectivity index (χ4n) is 2.61. The highest BCUT2D eigenvalue weighted by Crippen LogP contribution is 2.29. The van der Waals surface area contributed by atoms with E-state index in [9.17, 15) is 0 Å². The van der Waals surface area contributed by atoms with Crippen LogP contribution in [-0.4, -0.2) is 24.5 Å². The van der Waals surface area contributed by atoms with Crippen LogP contribution in [0.25, 0.3) is 0 Å². The van der Waals surface area contributed by atoms with Crippen LogP contribution in [0, 0.1) is 11.8 Å². The largest absolute Gasteiger partial charge is 0.303 e. The van der Waals surface area contributed by atoms with Crippen molar-refractivity contribution in [1.82, 2.24) is 4.90 Å². The van der Waals surface area contributed by atoms with Crippen LogP contribution >= 0.6 is 0 Å². The Balaban J connectivity index is 2.65. The van der Waals surface area contributed by atoms with Crippen LogP contribution in [0.1, 0.15) is 47.0 Å². The Bertz CT molecular complexity index is 277. The number of hydrogen-bond donors (Lipinski definition) is 0. The molecular weight excluding hydrogens is 206 g/mol. The molecule has 0 saturated carbocycles. The highest BCUT2D eigenvalue weighted by atomic mass is 15.1. The normalized spacial score (nSPS) is 23.6. The molecule has 0 saturated heterocycles. The second kappa shape index (κ2) is 7.00. The van der Waals surface area contributed by atoms with Gasteiger partial charge in [-0.2, -0.15) is 0 Å². The predicted octanol–water partition coefficient (Wildman–Crippen LogP) is 4.27. The Hall–Kier alpha value is -0.560. The lowest BCUT2D eigenvalue weighted by Crippen LogP contribution is -2.34. The van der Waals surface area contributed by atoms with Crippen LogP contribution in [0.4, 0.5) is 0 Å². The molecule has 1 aliphatic rings. The Morgan fingerprint density at radius 3 is 2.59 bits per heavy atom. The van der Waals surface area contributed by atoms with E-state index in [0.29, 0.717) is 6.04 Å². The highest BCUT2D eigenvalue weighted by Gasteiger charge is 2.21. The Kier molecular flexibility index (Phi) is 5.97. The summed E-state index contributed by atoms with van der Waals surface area (Å²) in [7, 11) is 2.26. The molecule has 0 aromatic carbocycles. The van der Waals surface area contributed by atoms with Crippen molar-refractivity contribution in [1.29, 1.82) is 0 Å². The minimum atomic E-state index is 0.694. The van der Waals surface area contributed by atoms with Crippen molar-refractivity contribution in [2.24, 2.45) is 11.8 Å². The molecule has 0 heterocycles. The molecule has 3 unspecified atom stereocenters. The van der Waals surface area contributed by atoms with Crippen molar-refractivity contribution < 1.29 is 0 Å². The molecule has 0 amide bonds. The van der Waals surface area contributed by atoms with E-state index in [1.165, 1.54) is 25.8 Å². The molecule has 0 aromatic heterocycles. The van der Waals surface area contributed by atoms with E-state index < -0.39 is 0 Å². The molecular formula is C16H29N. The van der Waals surface area contributed by atoms with Crippen molar-refractivity contribution in [3.63, 3.8) is 0 Å². The fraction of sp³-hybridized carbons (Fsp3) is 0.750. The maximum Gasteiger partial charge on any atom is 0.00615 e. The number of hydrogen-bond acceptors (Lipinski definition) is 1. The Morgan fingerprint density at radius 1 is 1.35 bits per heavy atom. The quantitative estimate of drug-likeness (QED) is 0.664. The number of rotatable bonds is 6. The van der Waals surface area contributed by atoms with Crippen LogP contribution in [-0.2, 0) is 0 Å². The van der Waals surface area contributed by atoms with Crippen LogP contribution < -0.4 is 0 Å². The van der Waals surface area contributed by atoms with E-state index in [0.717, 1.165) is 11.8 Å². The van der Waals surface area contributed by atoms with Gasteiger partial charge in [0.15, 0.2) is 0 Å². The van der Waals surface area contributed by atoms with Crippen molar-refractivity contribution in [2.45, 2.75) is 53.0 Å². The van der Waals surface area contributed by atoms with Gasteiger partial charge in [-0.1, -0.05) is 44.6 Å². The topological polar surface area (TPSA) is 3.24 Å². The van der Waals surface area contributed by atoms with Gasteiger partial charge in [-0.15, -0.1) is 0 Å². The van der Waals surface area contributed by atoms with Gasteiger partial charge in [0.1, 0.15) is 0 Å². The molecule has 3 atom stereocenters. The third-order valence-corrected chi connectivity index (χ3v) is 4.30. The zero-order valence-electron chi connectivity index (χ0n) is 12.2. The zero-order valence-corrected chi connectivity index (χ0v) is 12.2. The van der Waals surface area contributed by atoms with Crippen LogP contribution in [0.5, 0.6) is 0 Å². The van der Waals surface area contributed by atoms with Crippen LogP contribution in [0.3, 0.4) is 0 Å². The third-order valence-electron chi connectivity index (χ3n) is 4.30. The van der Waals surface area contributed by atoms with Gasteiger partial charge in [0.05, 0.1) is 0 Å². The summed E-state index contributed by atoms with van der Waals surface area (Å²) in [6, 6.07) is 0.694. The summed E-state index contributed by atoms with van der Waals surface area (Å²) in [6.45, 7) is 10.5. The maximum atomic E-state index is 2.51. The van der Waals surface area contributed by atoms with E-state index >= 15 is 0 Å². The summed E-state index contributed by atoms with van der Waals surface area (Å²) in [4.78, 5) is 2.51. The van der Waals surface area contributed by atoms with Gasteiger partial charge in [-0.05, 0) is 45.1 Å². The summed E-state index contributed by atoms with van der Waals surface area (Å²) < 4.78 is 0.